The second kappa shape index (κ2) is 6.28. The zero-order chi connectivity index (χ0) is 11.3. The molecule has 5 unspecified atom stereocenters. The molecule has 0 radical (unpaired) electrons. The third kappa shape index (κ3) is 4.85. The van der Waals surface area contributed by atoms with Gasteiger partial charge in [0.25, 0.3) is 0 Å². The molecule has 0 spiro atoms. The lowest BCUT2D eigenvalue weighted by molar-refractivity contribution is -0.100. The van der Waals surface area contributed by atoms with Crippen molar-refractivity contribution in [3.63, 3.8) is 0 Å². The zero-order valence-corrected chi connectivity index (χ0v) is 8.33. The molecule has 0 heterocycles. The molecule has 0 aromatic heterocycles. The largest absolute Gasteiger partial charge is 0.391 e. The summed E-state index contributed by atoms with van der Waals surface area (Å²) in [7, 11) is 0. The predicted molar refractivity (Wildman–Crippen MR) is 49.4 cm³/mol. The van der Waals surface area contributed by atoms with Crippen LogP contribution in [0.2, 0.25) is 0 Å². The summed E-state index contributed by atoms with van der Waals surface area (Å²) in [4.78, 5) is 0. The Labute approximate surface area is 82.8 Å². The molecule has 14 heavy (non-hydrogen) atoms. The van der Waals surface area contributed by atoms with Crippen molar-refractivity contribution >= 4 is 0 Å². The van der Waals surface area contributed by atoms with Crippen molar-refractivity contribution in [3.8, 4) is 0 Å². The maximum atomic E-state index is 9.29. The maximum absolute atomic E-state index is 9.29. The molecule has 5 atom stereocenters. The quantitative estimate of drug-likeness (QED) is 0.267. The molecule has 0 saturated carbocycles. The van der Waals surface area contributed by atoms with Crippen LogP contribution in [-0.2, 0) is 0 Å². The van der Waals surface area contributed by atoms with E-state index in [0.29, 0.717) is 0 Å². The van der Waals surface area contributed by atoms with Crippen LogP contribution in [0.3, 0.4) is 0 Å². The topological polar surface area (TPSA) is 113 Å². The number of aliphatic hydroxyl groups excluding tert-OH is 5. The van der Waals surface area contributed by atoms with Gasteiger partial charge in [-0.2, -0.15) is 0 Å². The first kappa shape index (κ1) is 13.8. The first-order valence-corrected chi connectivity index (χ1v) is 4.50. The molecule has 6 N–H and O–H groups in total. The minimum atomic E-state index is -1.44. The molecular weight excluding hydrogens is 190 g/mol. The van der Waals surface area contributed by atoms with Crippen LogP contribution in [0.1, 0.15) is 13.8 Å². The Kier molecular flexibility index (Phi) is 6.17. The molecular formula is C8H19NO5. The fourth-order valence-electron chi connectivity index (χ4n) is 0.925. The van der Waals surface area contributed by atoms with Crippen LogP contribution in [0.15, 0.2) is 0 Å². The summed E-state index contributed by atoms with van der Waals surface area (Å²) in [6.45, 7) is 2.70. The molecule has 6 heteroatoms. The number of rotatable bonds is 6. The van der Waals surface area contributed by atoms with Crippen molar-refractivity contribution in [2.24, 2.45) is 0 Å². The molecule has 0 aliphatic carbocycles. The Balaban J connectivity index is 3.92. The van der Waals surface area contributed by atoms with E-state index in [-0.39, 0.29) is 6.54 Å². The molecule has 0 aromatic carbocycles. The Bertz CT molecular complexity index is 153. The number of nitrogens with one attached hydrogen (secondary N) is 1. The van der Waals surface area contributed by atoms with E-state index < -0.39 is 30.6 Å². The Morgan fingerprint density at radius 3 is 1.79 bits per heavy atom. The zero-order valence-electron chi connectivity index (χ0n) is 8.33. The third-order valence-electron chi connectivity index (χ3n) is 1.86. The van der Waals surface area contributed by atoms with E-state index in [4.69, 9.17) is 10.2 Å². The lowest BCUT2D eigenvalue weighted by Crippen LogP contribution is -2.48. The highest BCUT2D eigenvalue weighted by Gasteiger charge is 2.27. The molecule has 0 fully saturated rings. The van der Waals surface area contributed by atoms with Gasteiger partial charge in [-0.05, 0) is 13.8 Å². The lowest BCUT2D eigenvalue weighted by atomic mass is 10.0. The smallest absolute Gasteiger partial charge is 0.109 e. The van der Waals surface area contributed by atoms with Crippen molar-refractivity contribution in [2.45, 2.75) is 44.5 Å². The summed E-state index contributed by atoms with van der Waals surface area (Å²) >= 11 is 0. The highest BCUT2D eigenvalue weighted by molar-refractivity contribution is 4.80. The first-order chi connectivity index (χ1) is 6.36. The van der Waals surface area contributed by atoms with Crippen LogP contribution in [0.4, 0.5) is 0 Å². The van der Waals surface area contributed by atoms with Gasteiger partial charge < -0.3 is 25.5 Å². The SMILES string of the molecule is CC(O)NCC(O)C(O)C(O)C(C)O. The van der Waals surface area contributed by atoms with Gasteiger partial charge in [0.1, 0.15) is 18.4 Å². The second-order valence-electron chi connectivity index (χ2n) is 3.37. The number of hydrogen-bond donors (Lipinski definition) is 6. The van der Waals surface area contributed by atoms with Crippen LogP contribution in [0, 0.1) is 0 Å². The van der Waals surface area contributed by atoms with Gasteiger partial charge >= 0.3 is 0 Å². The summed E-state index contributed by atoms with van der Waals surface area (Å²) < 4.78 is 0. The molecule has 0 aliphatic rings. The third-order valence-corrected chi connectivity index (χ3v) is 1.86. The number of hydrogen-bond acceptors (Lipinski definition) is 6. The van der Waals surface area contributed by atoms with E-state index in [0.717, 1.165) is 0 Å². The van der Waals surface area contributed by atoms with E-state index in [9.17, 15) is 15.3 Å². The standard InChI is InChI=1S/C8H19NO5/c1-4(10)7(13)8(14)6(12)3-9-5(2)11/h4-14H,3H2,1-2H3. The average Bonchev–Trinajstić information content (AvgIpc) is 2.11. The van der Waals surface area contributed by atoms with Crippen molar-refractivity contribution in [3.05, 3.63) is 0 Å². The van der Waals surface area contributed by atoms with Crippen LogP contribution in [-0.4, -0.2) is 62.7 Å². The minimum absolute atomic E-state index is 0.0669. The minimum Gasteiger partial charge on any atom is -0.391 e. The lowest BCUT2D eigenvalue weighted by Gasteiger charge is -2.25. The van der Waals surface area contributed by atoms with Crippen LogP contribution >= 0.6 is 0 Å². The summed E-state index contributed by atoms with van der Waals surface area (Å²) in [6.07, 6.45) is -6.01. The molecule has 0 aromatic rings. The Hall–Kier alpha value is -0.240. The Morgan fingerprint density at radius 1 is 0.929 bits per heavy atom. The summed E-state index contributed by atoms with van der Waals surface area (Å²) in [5.41, 5.74) is 0. The number of aliphatic hydroxyl groups is 5. The van der Waals surface area contributed by atoms with Gasteiger partial charge in [-0.1, -0.05) is 0 Å². The van der Waals surface area contributed by atoms with Crippen molar-refractivity contribution < 1.29 is 25.5 Å². The highest BCUT2D eigenvalue weighted by Crippen LogP contribution is 2.04. The normalized spacial score (nSPS) is 22.5. The molecule has 0 saturated heterocycles. The molecule has 86 valence electrons. The van der Waals surface area contributed by atoms with Crippen molar-refractivity contribution in [1.29, 1.82) is 0 Å². The van der Waals surface area contributed by atoms with E-state index >= 15 is 0 Å². The van der Waals surface area contributed by atoms with Gasteiger partial charge in [0.2, 0.25) is 0 Å². The van der Waals surface area contributed by atoms with E-state index in [1.807, 2.05) is 0 Å². The van der Waals surface area contributed by atoms with Crippen LogP contribution in [0.5, 0.6) is 0 Å². The summed E-state index contributed by atoms with van der Waals surface area (Å²) in [5, 5.41) is 48.0. The highest BCUT2D eigenvalue weighted by atomic mass is 16.4. The molecule has 6 nitrogen and oxygen atoms in total. The predicted octanol–water partition coefficient (Wildman–Crippen LogP) is -2.62. The molecule has 0 aliphatic heterocycles. The van der Waals surface area contributed by atoms with Gasteiger partial charge in [0.15, 0.2) is 0 Å². The van der Waals surface area contributed by atoms with Gasteiger partial charge in [-0.15, -0.1) is 0 Å². The monoisotopic (exact) mass is 209 g/mol. The second-order valence-corrected chi connectivity index (χ2v) is 3.37. The summed E-state index contributed by atoms with van der Waals surface area (Å²) in [5.74, 6) is 0. The van der Waals surface area contributed by atoms with Crippen molar-refractivity contribution in [1.82, 2.24) is 5.32 Å². The van der Waals surface area contributed by atoms with E-state index in [1.54, 1.807) is 0 Å². The van der Waals surface area contributed by atoms with Crippen molar-refractivity contribution in [2.75, 3.05) is 6.54 Å². The Morgan fingerprint density at radius 2 is 1.43 bits per heavy atom. The van der Waals surface area contributed by atoms with Gasteiger partial charge in [-0.25, -0.2) is 0 Å². The van der Waals surface area contributed by atoms with Gasteiger partial charge in [0.05, 0.1) is 12.2 Å². The van der Waals surface area contributed by atoms with Gasteiger partial charge in [0, 0.05) is 6.54 Å². The van der Waals surface area contributed by atoms with Gasteiger partial charge in [-0.3, -0.25) is 5.32 Å². The maximum Gasteiger partial charge on any atom is 0.109 e. The molecule has 0 rings (SSSR count). The molecule has 0 bridgehead atoms. The summed E-state index contributed by atoms with van der Waals surface area (Å²) in [6, 6.07) is 0. The average molecular weight is 209 g/mol. The fourth-order valence-corrected chi connectivity index (χ4v) is 0.925. The first-order valence-electron chi connectivity index (χ1n) is 4.50. The van der Waals surface area contributed by atoms with E-state index in [2.05, 4.69) is 5.32 Å². The van der Waals surface area contributed by atoms with Crippen LogP contribution in [0.25, 0.3) is 0 Å². The van der Waals surface area contributed by atoms with Crippen LogP contribution < -0.4 is 5.32 Å². The fraction of sp³-hybridized carbons (Fsp3) is 1.00. The van der Waals surface area contributed by atoms with E-state index in [1.165, 1.54) is 13.8 Å². The molecule has 0 amide bonds.